The van der Waals surface area contributed by atoms with Crippen LogP contribution in [0, 0.1) is 17.8 Å². The second-order valence-electron chi connectivity index (χ2n) is 6.56. The Kier molecular flexibility index (Phi) is 2.98. The van der Waals surface area contributed by atoms with E-state index in [4.69, 9.17) is 0 Å². The van der Waals surface area contributed by atoms with Gasteiger partial charge in [0, 0.05) is 25.4 Å². The number of hydrogen-bond donors (Lipinski definition) is 0. The SMILES string of the molecule is CS(=O)(=O)CCN1CC2CC3CC(C2)CC1C3. The smallest absolute Gasteiger partial charge is 0.148 e. The van der Waals surface area contributed by atoms with Gasteiger partial charge in [0.05, 0.1) is 5.75 Å². The Balaban J connectivity index is 1.70. The monoisotopic (exact) mass is 257 g/mol. The molecule has 0 aromatic rings. The first kappa shape index (κ1) is 12.0. The minimum Gasteiger partial charge on any atom is -0.299 e. The van der Waals surface area contributed by atoms with E-state index in [-0.39, 0.29) is 0 Å². The molecule has 2 heterocycles. The van der Waals surface area contributed by atoms with Gasteiger partial charge in [-0.2, -0.15) is 0 Å². The van der Waals surface area contributed by atoms with E-state index >= 15 is 0 Å². The topological polar surface area (TPSA) is 37.4 Å². The number of nitrogens with zero attached hydrogens (tertiary/aromatic N) is 1. The molecule has 0 radical (unpaired) electrons. The van der Waals surface area contributed by atoms with Crippen molar-refractivity contribution >= 4 is 9.84 Å². The molecule has 2 atom stereocenters. The normalized spacial score (nSPS) is 41.7. The van der Waals surface area contributed by atoms with Crippen LogP contribution in [-0.4, -0.2) is 44.5 Å². The van der Waals surface area contributed by atoms with Crippen molar-refractivity contribution in [2.75, 3.05) is 25.1 Å². The van der Waals surface area contributed by atoms with Crippen LogP contribution >= 0.6 is 0 Å². The van der Waals surface area contributed by atoms with Crippen molar-refractivity contribution in [3.63, 3.8) is 0 Å². The molecule has 2 saturated heterocycles. The summed E-state index contributed by atoms with van der Waals surface area (Å²) in [5.74, 6) is 3.08. The third-order valence-electron chi connectivity index (χ3n) is 4.97. The van der Waals surface area contributed by atoms with Gasteiger partial charge in [-0.15, -0.1) is 0 Å². The van der Waals surface area contributed by atoms with Crippen molar-refractivity contribution in [1.82, 2.24) is 4.90 Å². The molecule has 0 aromatic carbocycles. The Morgan fingerprint density at radius 1 is 1.00 bits per heavy atom. The zero-order valence-corrected chi connectivity index (χ0v) is 11.5. The van der Waals surface area contributed by atoms with Crippen LogP contribution in [0.4, 0.5) is 0 Å². The van der Waals surface area contributed by atoms with E-state index in [0.29, 0.717) is 11.8 Å². The summed E-state index contributed by atoms with van der Waals surface area (Å²) in [5.41, 5.74) is 0. The van der Waals surface area contributed by atoms with Gasteiger partial charge in [-0.05, 0) is 49.9 Å². The highest BCUT2D eigenvalue weighted by Gasteiger charge is 2.42. The molecule has 4 heteroatoms. The Labute approximate surface area is 104 Å². The number of hydrogen-bond acceptors (Lipinski definition) is 3. The summed E-state index contributed by atoms with van der Waals surface area (Å²) >= 11 is 0. The lowest BCUT2D eigenvalue weighted by Crippen LogP contribution is -2.40. The van der Waals surface area contributed by atoms with E-state index in [1.54, 1.807) is 0 Å². The fourth-order valence-corrected chi connectivity index (χ4v) is 5.00. The Morgan fingerprint density at radius 2 is 1.59 bits per heavy atom. The molecule has 4 rings (SSSR count). The summed E-state index contributed by atoms with van der Waals surface area (Å²) in [7, 11) is -2.81. The molecule has 2 aliphatic carbocycles. The van der Waals surface area contributed by atoms with Crippen LogP contribution in [0.5, 0.6) is 0 Å². The van der Waals surface area contributed by atoms with Gasteiger partial charge < -0.3 is 0 Å². The number of rotatable bonds is 3. The lowest BCUT2D eigenvalue weighted by atomic mass is 9.68. The summed E-state index contributed by atoms with van der Waals surface area (Å²) in [6, 6.07) is 0.688. The second kappa shape index (κ2) is 4.23. The highest BCUT2D eigenvalue weighted by atomic mass is 32.2. The quantitative estimate of drug-likeness (QED) is 0.769. The van der Waals surface area contributed by atoms with Crippen molar-refractivity contribution < 1.29 is 8.42 Å². The summed E-state index contributed by atoms with van der Waals surface area (Å²) in [6.45, 7) is 1.92. The van der Waals surface area contributed by atoms with Crippen molar-refractivity contribution in [2.45, 2.75) is 38.1 Å². The fraction of sp³-hybridized carbons (Fsp3) is 1.00. The molecule has 4 aliphatic rings. The van der Waals surface area contributed by atoms with Gasteiger partial charge in [0.2, 0.25) is 0 Å². The number of sulfone groups is 1. The second-order valence-corrected chi connectivity index (χ2v) is 8.81. The molecule has 98 valence electrons. The summed E-state index contributed by atoms with van der Waals surface area (Å²) in [6.07, 6.45) is 8.28. The highest BCUT2D eigenvalue weighted by molar-refractivity contribution is 7.90. The van der Waals surface area contributed by atoms with E-state index in [0.717, 1.165) is 30.8 Å². The molecule has 2 unspecified atom stereocenters. The molecule has 0 aromatic heterocycles. The van der Waals surface area contributed by atoms with Gasteiger partial charge in [0.15, 0.2) is 0 Å². The van der Waals surface area contributed by atoms with Crippen molar-refractivity contribution in [3.05, 3.63) is 0 Å². The first-order valence-corrected chi connectivity index (χ1v) is 8.97. The molecule has 3 nitrogen and oxygen atoms in total. The highest BCUT2D eigenvalue weighted by Crippen LogP contribution is 2.47. The van der Waals surface area contributed by atoms with E-state index in [1.165, 1.54) is 38.4 Å². The largest absolute Gasteiger partial charge is 0.299 e. The molecule has 2 saturated carbocycles. The minimum absolute atomic E-state index is 0.339. The lowest BCUT2D eigenvalue weighted by molar-refractivity contribution is 0.129. The van der Waals surface area contributed by atoms with Crippen LogP contribution in [-0.2, 0) is 9.84 Å². The molecule has 4 bridgehead atoms. The minimum atomic E-state index is -2.81. The van der Waals surface area contributed by atoms with Gasteiger partial charge in [-0.3, -0.25) is 4.90 Å². The first-order chi connectivity index (χ1) is 7.99. The summed E-state index contributed by atoms with van der Waals surface area (Å²) in [4.78, 5) is 2.49. The van der Waals surface area contributed by atoms with E-state index in [1.807, 2.05) is 0 Å². The van der Waals surface area contributed by atoms with Gasteiger partial charge >= 0.3 is 0 Å². The molecule has 0 N–H and O–H groups in total. The van der Waals surface area contributed by atoms with Crippen LogP contribution in [0.1, 0.15) is 32.1 Å². The standard InChI is InChI=1S/C13H23NO2S/c1-17(15,16)3-2-14-9-12-5-10-4-11(6-12)8-13(14)7-10/h10-13H,2-9H2,1H3. The number of fused-ring (bicyclic) bond motifs is 1. The molecule has 0 spiro atoms. The van der Waals surface area contributed by atoms with Crippen LogP contribution in [0.3, 0.4) is 0 Å². The van der Waals surface area contributed by atoms with Crippen LogP contribution < -0.4 is 0 Å². The maximum Gasteiger partial charge on any atom is 0.148 e. The van der Waals surface area contributed by atoms with Crippen molar-refractivity contribution in [3.8, 4) is 0 Å². The average molecular weight is 257 g/mol. The maximum absolute atomic E-state index is 11.3. The lowest BCUT2D eigenvalue weighted by Gasteiger charge is -2.39. The maximum atomic E-state index is 11.3. The summed E-state index contributed by atoms with van der Waals surface area (Å²) < 4.78 is 22.6. The van der Waals surface area contributed by atoms with Gasteiger partial charge in [0.25, 0.3) is 0 Å². The average Bonchev–Trinajstić information content (AvgIpc) is 2.39. The third kappa shape index (κ3) is 2.68. The molecule has 4 fully saturated rings. The third-order valence-corrected chi connectivity index (χ3v) is 5.89. The van der Waals surface area contributed by atoms with Gasteiger partial charge in [0.1, 0.15) is 9.84 Å². The van der Waals surface area contributed by atoms with Crippen molar-refractivity contribution in [1.29, 1.82) is 0 Å². The summed E-state index contributed by atoms with van der Waals surface area (Å²) in [5, 5.41) is 0. The Morgan fingerprint density at radius 3 is 2.18 bits per heavy atom. The molecule has 17 heavy (non-hydrogen) atoms. The Hall–Kier alpha value is -0.0900. The van der Waals surface area contributed by atoms with E-state index in [2.05, 4.69) is 4.90 Å². The zero-order valence-electron chi connectivity index (χ0n) is 10.6. The molecule has 2 aliphatic heterocycles. The molecular formula is C13H23NO2S. The van der Waals surface area contributed by atoms with Crippen LogP contribution in [0.2, 0.25) is 0 Å². The zero-order chi connectivity index (χ0) is 12.0. The van der Waals surface area contributed by atoms with Crippen LogP contribution in [0.15, 0.2) is 0 Å². The predicted molar refractivity (Wildman–Crippen MR) is 68.6 cm³/mol. The van der Waals surface area contributed by atoms with Gasteiger partial charge in [-0.1, -0.05) is 0 Å². The predicted octanol–water partition coefficient (Wildman–Crippen LogP) is 1.54. The fourth-order valence-electron chi connectivity index (χ4n) is 4.44. The van der Waals surface area contributed by atoms with E-state index < -0.39 is 9.84 Å². The van der Waals surface area contributed by atoms with E-state index in [9.17, 15) is 8.42 Å². The van der Waals surface area contributed by atoms with Gasteiger partial charge in [-0.25, -0.2) is 8.42 Å². The van der Waals surface area contributed by atoms with Crippen LogP contribution in [0.25, 0.3) is 0 Å². The first-order valence-electron chi connectivity index (χ1n) is 6.91. The van der Waals surface area contributed by atoms with Crippen molar-refractivity contribution in [2.24, 2.45) is 17.8 Å². The Bertz CT molecular complexity index is 378. The molecular weight excluding hydrogens is 234 g/mol. The molecule has 0 amide bonds.